The van der Waals surface area contributed by atoms with Gasteiger partial charge >= 0.3 is 0 Å². The van der Waals surface area contributed by atoms with Crippen molar-refractivity contribution < 1.29 is 13.9 Å². The Kier molecular flexibility index (Phi) is 8.85. The highest BCUT2D eigenvalue weighted by Gasteiger charge is 2.18. The Labute approximate surface area is 237 Å². The minimum atomic E-state index is -1.19. The Morgan fingerprint density at radius 1 is 1.00 bits per heavy atom. The topological polar surface area (TPSA) is 65.3 Å². The lowest BCUT2D eigenvalue weighted by Gasteiger charge is -2.26. The van der Waals surface area contributed by atoms with Crippen LogP contribution >= 0.6 is 0 Å². The molecule has 210 valence electrons. The van der Waals surface area contributed by atoms with Crippen LogP contribution in [0.1, 0.15) is 11.3 Å². The van der Waals surface area contributed by atoms with Crippen LogP contribution in [0.2, 0.25) is 25.7 Å². The molecule has 0 bridgehead atoms. The number of hydrogen-bond donors (Lipinski definition) is 0. The first kappa shape index (κ1) is 28.3. The Morgan fingerprint density at radius 2 is 1.82 bits per heavy atom. The summed E-state index contributed by atoms with van der Waals surface area (Å²) in [6.45, 7) is 14.2. The van der Waals surface area contributed by atoms with Gasteiger partial charge in [0.15, 0.2) is 0 Å². The highest BCUT2D eigenvalue weighted by molar-refractivity contribution is 6.76. The smallest absolute Gasteiger partial charge is 0.139 e. The van der Waals surface area contributed by atoms with Crippen LogP contribution in [0.5, 0.6) is 0 Å². The number of morpholine rings is 1. The van der Waals surface area contributed by atoms with Gasteiger partial charge in [0.25, 0.3) is 0 Å². The largest absolute Gasteiger partial charge is 0.379 e. The van der Waals surface area contributed by atoms with Gasteiger partial charge in [0.1, 0.15) is 18.2 Å². The number of nitrogens with zero attached hydrogens (tertiary/aromatic N) is 5. The second-order valence-electron chi connectivity index (χ2n) is 11.6. The second kappa shape index (κ2) is 12.5. The van der Waals surface area contributed by atoms with Crippen LogP contribution in [0.4, 0.5) is 4.39 Å². The van der Waals surface area contributed by atoms with Crippen molar-refractivity contribution >= 4 is 8.07 Å². The zero-order chi connectivity index (χ0) is 28.1. The lowest BCUT2D eigenvalue weighted by atomic mass is 10.00. The fourth-order valence-corrected chi connectivity index (χ4v) is 5.44. The molecule has 0 unspecified atom stereocenters. The normalized spacial score (nSPS) is 14.5. The number of halogens is 1. The van der Waals surface area contributed by atoms with Gasteiger partial charge in [0.05, 0.1) is 24.6 Å². The standard InChI is InChI=1S/C31H38FN5O2Si/c1-23-6-5-7-30(34-23)31-27(21-37(35-31)22-39-16-17-40(2,3)4)25-9-10-28(32)26(18-25)29-11-8-24(19-33-29)20-36-12-14-38-15-13-36/h5-11,18-19,21H,12-17,20,22H2,1-4H3. The van der Waals surface area contributed by atoms with Crippen molar-refractivity contribution in [1.82, 2.24) is 24.6 Å². The van der Waals surface area contributed by atoms with Crippen LogP contribution in [0.3, 0.4) is 0 Å². The minimum Gasteiger partial charge on any atom is -0.379 e. The van der Waals surface area contributed by atoms with Gasteiger partial charge in [0, 0.05) is 63.5 Å². The van der Waals surface area contributed by atoms with Crippen LogP contribution < -0.4 is 0 Å². The number of hydrogen-bond acceptors (Lipinski definition) is 6. The third-order valence-electron chi connectivity index (χ3n) is 7.00. The maximum atomic E-state index is 15.1. The van der Waals surface area contributed by atoms with E-state index in [2.05, 4.69) is 29.5 Å². The molecular weight excluding hydrogens is 521 g/mol. The molecule has 4 aromatic rings. The zero-order valence-electron chi connectivity index (χ0n) is 23.9. The summed E-state index contributed by atoms with van der Waals surface area (Å²) in [5, 5.41) is 4.84. The van der Waals surface area contributed by atoms with Gasteiger partial charge in [-0.1, -0.05) is 37.8 Å². The van der Waals surface area contributed by atoms with Gasteiger partial charge in [-0.2, -0.15) is 5.10 Å². The maximum Gasteiger partial charge on any atom is 0.139 e. The van der Waals surface area contributed by atoms with Crippen LogP contribution in [-0.2, 0) is 22.7 Å². The lowest BCUT2D eigenvalue weighted by molar-refractivity contribution is 0.0341. The molecule has 4 heterocycles. The van der Waals surface area contributed by atoms with Crippen LogP contribution in [0.25, 0.3) is 33.8 Å². The molecule has 0 atom stereocenters. The first-order chi connectivity index (χ1) is 19.2. The monoisotopic (exact) mass is 559 g/mol. The molecular formula is C31H38FN5O2Si. The summed E-state index contributed by atoms with van der Waals surface area (Å²) in [5.41, 5.74) is 6.30. The summed E-state index contributed by atoms with van der Waals surface area (Å²) in [6, 6.07) is 16.1. The molecule has 3 aromatic heterocycles. The van der Waals surface area contributed by atoms with Crippen molar-refractivity contribution in [2.75, 3.05) is 32.9 Å². The molecule has 0 spiro atoms. The van der Waals surface area contributed by atoms with Crippen molar-refractivity contribution in [2.45, 2.75) is 45.9 Å². The molecule has 1 fully saturated rings. The van der Waals surface area contributed by atoms with Gasteiger partial charge in [-0.25, -0.2) is 9.07 Å². The molecule has 1 aliphatic rings. The molecule has 9 heteroatoms. The fraction of sp³-hybridized carbons (Fsp3) is 0.387. The van der Waals surface area contributed by atoms with E-state index < -0.39 is 8.07 Å². The van der Waals surface area contributed by atoms with Crippen molar-refractivity contribution in [3.63, 3.8) is 0 Å². The number of benzene rings is 1. The van der Waals surface area contributed by atoms with Gasteiger partial charge in [-0.05, 0) is 54.4 Å². The van der Waals surface area contributed by atoms with Gasteiger partial charge in [0.2, 0.25) is 0 Å². The Bertz CT molecular complexity index is 1430. The van der Waals surface area contributed by atoms with Gasteiger partial charge in [-0.3, -0.25) is 14.9 Å². The van der Waals surface area contributed by atoms with E-state index >= 15 is 4.39 Å². The molecule has 1 aromatic carbocycles. The van der Waals surface area contributed by atoms with E-state index in [1.54, 1.807) is 10.7 Å². The Balaban J connectivity index is 1.42. The summed E-state index contributed by atoms with van der Waals surface area (Å²) >= 11 is 0. The van der Waals surface area contributed by atoms with Crippen molar-refractivity contribution in [3.8, 4) is 33.8 Å². The number of aryl methyl sites for hydroxylation is 1. The Hall–Kier alpha value is -3.24. The maximum absolute atomic E-state index is 15.1. The quantitative estimate of drug-likeness (QED) is 0.169. The highest BCUT2D eigenvalue weighted by Crippen LogP contribution is 2.34. The fourth-order valence-electron chi connectivity index (χ4n) is 4.68. The SMILES string of the molecule is Cc1cccc(-c2nn(COCC[Si](C)(C)C)cc2-c2ccc(F)c(-c3ccc(CN4CCOCC4)cn3)c2)n1. The average molecular weight is 560 g/mol. The Morgan fingerprint density at radius 3 is 2.55 bits per heavy atom. The first-order valence-corrected chi connectivity index (χ1v) is 17.6. The average Bonchev–Trinajstić information content (AvgIpc) is 3.36. The lowest BCUT2D eigenvalue weighted by Crippen LogP contribution is -2.35. The third kappa shape index (κ3) is 7.28. The van der Waals surface area contributed by atoms with Crippen molar-refractivity contribution in [2.24, 2.45) is 0 Å². The summed E-state index contributed by atoms with van der Waals surface area (Å²) in [5.74, 6) is -0.311. The zero-order valence-corrected chi connectivity index (χ0v) is 24.9. The second-order valence-corrected chi connectivity index (χ2v) is 17.2. The molecule has 0 amide bonds. The number of ether oxygens (including phenoxy) is 2. The molecule has 1 aliphatic heterocycles. The van der Waals surface area contributed by atoms with Crippen molar-refractivity contribution in [3.05, 3.63) is 78.0 Å². The molecule has 0 radical (unpaired) electrons. The molecule has 40 heavy (non-hydrogen) atoms. The number of pyridine rings is 2. The van der Waals surface area contributed by atoms with Gasteiger partial charge in [-0.15, -0.1) is 0 Å². The van der Waals surface area contributed by atoms with Crippen LogP contribution in [-0.4, -0.2) is 65.6 Å². The molecule has 5 rings (SSSR count). The number of aromatic nitrogens is 4. The van der Waals surface area contributed by atoms with E-state index in [-0.39, 0.29) is 5.82 Å². The molecule has 0 N–H and O–H groups in total. The van der Waals surface area contributed by atoms with Crippen LogP contribution in [0, 0.1) is 12.7 Å². The van der Waals surface area contributed by atoms with E-state index in [0.717, 1.165) is 72.7 Å². The predicted octanol–water partition coefficient (Wildman–Crippen LogP) is 6.27. The highest BCUT2D eigenvalue weighted by atomic mass is 28.3. The van der Waals surface area contributed by atoms with Gasteiger partial charge < -0.3 is 9.47 Å². The molecule has 1 saturated heterocycles. The van der Waals surface area contributed by atoms with Crippen molar-refractivity contribution in [1.29, 1.82) is 0 Å². The summed E-state index contributed by atoms with van der Waals surface area (Å²) in [4.78, 5) is 11.7. The predicted molar refractivity (Wildman–Crippen MR) is 159 cm³/mol. The summed E-state index contributed by atoms with van der Waals surface area (Å²) < 4.78 is 28.3. The van der Waals surface area contributed by atoms with E-state index in [0.29, 0.717) is 24.6 Å². The molecule has 0 saturated carbocycles. The van der Waals surface area contributed by atoms with E-state index in [4.69, 9.17) is 19.6 Å². The van der Waals surface area contributed by atoms with E-state index in [1.807, 2.05) is 55.7 Å². The summed E-state index contributed by atoms with van der Waals surface area (Å²) in [6.07, 6.45) is 3.80. The first-order valence-electron chi connectivity index (χ1n) is 13.9. The summed E-state index contributed by atoms with van der Waals surface area (Å²) in [7, 11) is -1.19. The third-order valence-corrected chi connectivity index (χ3v) is 8.70. The van der Waals surface area contributed by atoms with E-state index in [9.17, 15) is 0 Å². The molecule has 7 nitrogen and oxygen atoms in total. The van der Waals surface area contributed by atoms with Crippen LogP contribution in [0.15, 0.2) is 60.9 Å². The van der Waals surface area contributed by atoms with E-state index in [1.165, 1.54) is 6.07 Å². The number of rotatable bonds is 10. The minimum absolute atomic E-state index is 0.311. The molecule has 0 aliphatic carbocycles.